The van der Waals surface area contributed by atoms with Crippen molar-refractivity contribution in [3.8, 4) is 11.1 Å². The number of fused-ring (bicyclic) bond motifs is 1. The van der Waals surface area contributed by atoms with Crippen molar-refractivity contribution in [3.63, 3.8) is 0 Å². The van der Waals surface area contributed by atoms with Gasteiger partial charge in [-0.25, -0.2) is 0 Å². The Labute approximate surface area is 108 Å². The molecular formula is C14H11N3O2. The lowest BCUT2D eigenvalue weighted by Gasteiger charge is -2.03. The van der Waals surface area contributed by atoms with Crippen LogP contribution in [0.5, 0.6) is 0 Å². The van der Waals surface area contributed by atoms with Gasteiger partial charge in [0.2, 0.25) is 0 Å². The number of carboxylic acids is 1. The molecule has 0 spiro atoms. The van der Waals surface area contributed by atoms with Gasteiger partial charge in [0, 0.05) is 11.6 Å². The molecule has 5 nitrogen and oxygen atoms in total. The summed E-state index contributed by atoms with van der Waals surface area (Å²) in [5, 5.41) is 16.7. The number of benzene rings is 1. The van der Waals surface area contributed by atoms with E-state index in [0.29, 0.717) is 5.69 Å². The maximum absolute atomic E-state index is 10.7. The fourth-order valence-corrected chi connectivity index (χ4v) is 2.03. The summed E-state index contributed by atoms with van der Waals surface area (Å²) >= 11 is 0. The van der Waals surface area contributed by atoms with Crippen LogP contribution in [0.3, 0.4) is 0 Å². The second-order valence-electron chi connectivity index (χ2n) is 4.28. The van der Waals surface area contributed by atoms with E-state index in [0.717, 1.165) is 22.0 Å². The van der Waals surface area contributed by atoms with Crippen molar-refractivity contribution in [1.82, 2.24) is 15.2 Å². The molecule has 0 aliphatic heterocycles. The second-order valence-corrected chi connectivity index (χ2v) is 4.28. The molecule has 0 radical (unpaired) electrons. The minimum Gasteiger partial charge on any atom is -0.481 e. The molecule has 0 saturated carbocycles. The van der Waals surface area contributed by atoms with Gasteiger partial charge in [-0.15, -0.1) is 0 Å². The highest BCUT2D eigenvalue weighted by Crippen LogP contribution is 2.23. The molecular weight excluding hydrogens is 242 g/mol. The van der Waals surface area contributed by atoms with Crippen molar-refractivity contribution in [1.29, 1.82) is 0 Å². The van der Waals surface area contributed by atoms with Gasteiger partial charge in [0.15, 0.2) is 0 Å². The minimum atomic E-state index is -0.880. The van der Waals surface area contributed by atoms with E-state index in [4.69, 9.17) is 5.11 Å². The van der Waals surface area contributed by atoms with E-state index in [1.807, 2.05) is 24.3 Å². The molecule has 94 valence electrons. The molecule has 0 unspecified atom stereocenters. The molecule has 0 fully saturated rings. The molecule has 19 heavy (non-hydrogen) atoms. The number of H-pyrrole nitrogens is 1. The van der Waals surface area contributed by atoms with Crippen LogP contribution in [0.2, 0.25) is 0 Å². The average molecular weight is 253 g/mol. The van der Waals surface area contributed by atoms with Crippen molar-refractivity contribution in [2.45, 2.75) is 6.42 Å². The minimum absolute atomic E-state index is 0.0677. The van der Waals surface area contributed by atoms with E-state index >= 15 is 0 Å². The van der Waals surface area contributed by atoms with Crippen molar-refractivity contribution in [2.75, 3.05) is 0 Å². The van der Waals surface area contributed by atoms with Crippen LogP contribution in [0.25, 0.3) is 22.0 Å². The number of hydrogen-bond donors (Lipinski definition) is 2. The summed E-state index contributed by atoms with van der Waals surface area (Å²) in [6.07, 6.45) is 3.33. The number of hydrogen-bond acceptors (Lipinski definition) is 3. The van der Waals surface area contributed by atoms with Crippen molar-refractivity contribution < 1.29 is 9.90 Å². The topological polar surface area (TPSA) is 78.9 Å². The van der Waals surface area contributed by atoms with Crippen molar-refractivity contribution in [3.05, 3.63) is 48.4 Å². The quantitative estimate of drug-likeness (QED) is 0.750. The largest absolute Gasteiger partial charge is 0.481 e. The van der Waals surface area contributed by atoms with Gasteiger partial charge in [0.05, 0.1) is 23.8 Å². The van der Waals surface area contributed by atoms with Gasteiger partial charge in [-0.1, -0.05) is 6.07 Å². The summed E-state index contributed by atoms with van der Waals surface area (Å²) in [4.78, 5) is 14.8. The maximum Gasteiger partial charge on any atom is 0.309 e. The lowest BCUT2D eigenvalue weighted by Crippen LogP contribution is -2.02. The standard InChI is InChI=1S/C14H11N3O2/c18-14(19)7-12-6-10(3-4-15-12)9-1-2-13-11(5-9)8-16-17-13/h1-6,8H,7H2,(H,16,17)(H,18,19). The Kier molecular flexibility index (Phi) is 2.72. The number of aliphatic carboxylic acids is 1. The number of rotatable bonds is 3. The van der Waals surface area contributed by atoms with Crippen LogP contribution in [0, 0.1) is 0 Å². The van der Waals surface area contributed by atoms with E-state index in [9.17, 15) is 4.79 Å². The highest BCUT2D eigenvalue weighted by Gasteiger charge is 2.05. The lowest BCUT2D eigenvalue weighted by molar-refractivity contribution is -0.136. The van der Waals surface area contributed by atoms with Gasteiger partial charge in [-0.3, -0.25) is 14.9 Å². The summed E-state index contributed by atoms with van der Waals surface area (Å²) in [5.41, 5.74) is 3.50. The predicted molar refractivity (Wildman–Crippen MR) is 70.7 cm³/mol. The number of pyridine rings is 1. The molecule has 0 aliphatic carbocycles. The van der Waals surface area contributed by atoms with Crippen LogP contribution in [0.4, 0.5) is 0 Å². The summed E-state index contributed by atoms with van der Waals surface area (Å²) in [7, 11) is 0. The lowest BCUT2D eigenvalue weighted by atomic mass is 10.0. The second kappa shape index (κ2) is 4.53. The number of aromatic amines is 1. The smallest absolute Gasteiger partial charge is 0.309 e. The van der Waals surface area contributed by atoms with E-state index in [1.54, 1.807) is 18.5 Å². The third kappa shape index (κ3) is 2.30. The fraction of sp³-hybridized carbons (Fsp3) is 0.0714. The Balaban J connectivity index is 2.02. The fourth-order valence-electron chi connectivity index (χ4n) is 2.03. The first kappa shape index (κ1) is 11.4. The number of carboxylic acid groups (broad SMARTS) is 1. The Morgan fingerprint density at radius 2 is 2.05 bits per heavy atom. The normalized spacial score (nSPS) is 10.7. The van der Waals surface area contributed by atoms with Crippen LogP contribution in [-0.2, 0) is 11.2 Å². The maximum atomic E-state index is 10.7. The van der Waals surface area contributed by atoms with Crippen LogP contribution in [-0.4, -0.2) is 26.3 Å². The molecule has 0 aliphatic rings. The number of nitrogens with zero attached hydrogens (tertiary/aromatic N) is 2. The summed E-state index contributed by atoms with van der Waals surface area (Å²) < 4.78 is 0. The van der Waals surface area contributed by atoms with Crippen molar-refractivity contribution >= 4 is 16.9 Å². The van der Waals surface area contributed by atoms with Crippen LogP contribution in [0.15, 0.2) is 42.7 Å². The third-order valence-corrected chi connectivity index (χ3v) is 2.92. The van der Waals surface area contributed by atoms with E-state index in [-0.39, 0.29) is 6.42 Å². The van der Waals surface area contributed by atoms with Crippen LogP contribution < -0.4 is 0 Å². The number of carbonyl (C=O) groups is 1. The molecule has 0 atom stereocenters. The summed E-state index contributed by atoms with van der Waals surface area (Å²) in [6, 6.07) is 9.61. The number of aromatic nitrogens is 3. The molecule has 3 aromatic rings. The van der Waals surface area contributed by atoms with Gasteiger partial charge in [-0.05, 0) is 35.4 Å². The predicted octanol–water partition coefficient (Wildman–Crippen LogP) is 2.25. The molecule has 2 heterocycles. The van der Waals surface area contributed by atoms with Crippen LogP contribution >= 0.6 is 0 Å². The molecule has 5 heteroatoms. The van der Waals surface area contributed by atoms with Gasteiger partial charge < -0.3 is 5.11 Å². The zero-order valence-corrected chi connectivity index (χ0v) is 10.00. The van der Waals surface area contributed by atoms with E-state index < -0.39 is 5.97 Å². The van der Waals surface area contributed by atoms with E-state index in [1.165, 1.54) is 0 Å². The van der Waals surface area contributed by atoms with Gasteiger partial charge in [0.25, 0.3) is 0 Å². The highest BCUT2D eigenvalue weighted by atomic mass is 16.4. The molecule has 0 amide bonds. The zero-order chi connectivity index (χ0) is 13.2. The first-order valence-electron chi connectivity index (χ1n) is 5.82. The third-order valence-electron chi connectivity index (χ3n) is 2.92. The summed E-state index contributed by atoms with van der Waals surface area (Å²) in [5.74, 6) is -0.880. The zero-order valence-electron chi connectivity index (χ0n) is 10.00. The first-order valence-corrected chi connectivity index (χ1v) is 5.82. The Morgan fingerprint density at radius 1 is 1.21 bits per heavy atom. The monoisotopic (exact) mass is 253 g/mol. The SMILES string of the molecule is O=C(O)Cc1cc(-c2ccc3[nH]ncc3c2)ccn1. The van der Waals surface area contributed by atoms with Gasteiger partial charge in [0.1, 0.15) is 0 Å². The highest BCUT2D eigenvalue weighted by molar-refractivity contribution is 5.84. The van der Waals surface area contributed by atoms with Crippen LogP contribution in [0.1, 0.15) is 5.69 Å². The van der Waals surface area contributed by atoms with Gasteiger partial charge >= 0.3 is 5.97 Å². The van der Waals surface area contributed by atoms with E-state index in [2.05, 4.69) is 15.2 Å². The first-order chi connectivity index (χ1) is 9.22. The molecule has 0 saturated heterocycles. The van der Waals surface area contributed by atoms with Gasteiger partial charge in [-0.2, -0.15) is 5.10 Å². The Morgan fingerprint density at radius 3 is 2.89 bits per heavy atom. The molecule has 0 bridgehead atoms. The summed E-state index contributed by atoms with van der Waals surface area (Å²) in [6.45, 7) is 0. The van der Waals surface area contributed by atoms with Crippen molar-refractivity contribution in [2.24, 2.45) is 0 Å². The molecule has 3 rings (SSSR count). The number of nitrogens with one attached hydrogen (secondary N) is 1. The Hall–Kier alpha value is -2.69. The molecule has 1 aromatic carbocycles. The molecule has 2 aromatic heterocycles. The Bertz CT molecular complexity index is 749. The molecule has 2 N–H and O–H groups in total. The average Bonchev–Trinajstić information content (AvgIpc) is 2.85.